The van der Waals surface area contributed by atoms with E-state index in [0.717, 1.165) is 0 Å². The van der Waals surface area contributed by atoms with Crippen molar-refractivity contribution in [2.45, 2.75) is 13.8 Å². The first-order valence-corrected chi connectivity index (χ1v) is 4.68. The molecule has 0 fully saturated rings. The van der Waals surface area contributed by atoms with E-state index in [9.17, 15) is 9.59 Å². The Kier molecular flexibility index (Phi) is 3.80. The average molecular weight is 203 g/mol. The van der Waals surface area contributed by atoms with Crippen LogP contribution in [0.25, 0.3) is 0 Å². The number of imide groups is 1. The summed E-state index contributed by atoms with van der Waals surface area (Å²) in [4.78, 5) is 22.9. The zero-order valence-electron chi connectivity index (χ0n) is 8.78. The molecule has 78 valence electrons. The van der Waals surface area contributed by atoms with E-state index >= 15 is 0 Å². The molecule has 0 aliphatic rings. The van der Waals surface area contributed by atoms with Gasteiger partial charge in [-0.2, -0.15) is 0 Å². The lowest BCUT2D eigenvalue weighted by atomic mass is 10.2. The second-order valence-corrected chi connectivity index (χ2v) is 3.12. The van der Waals surface area contributed by atoms with Crippen molar-refractivity contribution in [1.29, 1.82) is 0 Å². The lowest BCUT2D eigenvalue weighted by Crippen LogP contribution is -2.30. The van der Waals surface area contributed by atoms with Crippen LogP contribution in [0.5, 0.6) is 0 Å². The summed E-state index contributed by atoms with van der Waals surface area (Å²) >= 11 is 0. The molecule has 0 aromatic heterocycles. The molecule has 0 radical (unpaired) electrons. The number of hydrogen-bond donors (Lipinski definition) is 1. The number of rotatable bonds is 2. The minimum Gasteiger partial charge on any atom is -0.288 e. The van der Waals surface area contributed by atoms with Gasteiger partial charge in [0.15, 0.2) is 0 Å². The van der Waals surface area contributed by atoms with Crippen molar-refractivity contribution in [3.8, 4) is 0 Å². The Morgan fingerprint density at radius 3 is 2.33 bits per heavy atom. The number of amides is 2. The van der Waals surface area contributed by atoms with E-state index in [2.05, 4.69) is 5.32 Å². The molecule has 0 aliphatic heterocycles. The summed E-state index contributed by atoms with van der Waals surface area (Å²) in [5.74, 6) is -0.729. The number of allylic oxidation sites excluding steroid dienone is 1. The Labute approximate surface area is 88.8 Å². The monoisotopic (exact) mass is 203 g/mol. The first-order chi connectivity index (χ1) is 7.15. The smallest absolute Gasteiger partial charge is 0.258 e. The van der Waals surface area contributed by atoms with Crippen molar-refractivity contribution in [3.05, 3.63) is 47.5 Å². The SMILES string of the molecule is C/C=C(\C)C(=O)NC(=O)c1ccccc1. The van der Waals surface area contributed by atoms with E-state index in [4.69, 9.17) is 0 Å². The molecule has 0 spiro atoms. The van der Waals surface area contributed by atoms with Crippen LogP contribution >= 0.6 is 0 Å². The molecule has 0 heterocycles. The summed E-state index contributed by atoms with van der Waals surface area (Å²) in [7, 11) is 0. The van der Waals surface area contributed by atoms with E-state index in [0.29, 0.717) is 11.1 Å². The third-order valence-electron chi connectivity index (χ3n) is 2.05. The van der Waals surface area contributed by atoms with Crippen molar-refractivity contribution in [2.75, 3.05) is 0 Å². The van der Waals surface area contributed by atoms with Gasteiger partial charge in [0.05, 0.1) is 0 Å². The maximum Gasteiger partial charge on any atom is 0.258 e. The van der Waals surface area contributed by atoms with Crippen molar-refractivity contribution in [1.82, 2.24) is 5.32 Å². The Bertz CT molecular complexity index is 393. The molecular formula is C12H13NO2. The van der Waals surface area contributed by atoms with Crippen LogP contribution in [-0.4, -0.2) is 11.8 Å². The van der Waals surface area contributed by atoms with Gasteiger partial charge in [0, 0.05) is 11.1 Å². The second kappa shape index (κ2) is 5.10. The van der Waals surface area contributed by atoms with Crippen LogP contribution in [0.1, 0.15) is 24.2 Å². The molecule has 3 heteroatoms. The summed E-state index contributed by atoms with van der Waals surface area (Å²) in [6.07, 6.45) is 1.66. The lowest BCUT2D eigenvalue weighted by molar-refractivity contribution is -0.116. The third kappa shape index (κ3) is 3.06. The van der Waals surface area contributed by atoms with Gasteiger partial charge in [0.1, 0.15) is 0 Å². The fraction of sp³-hybridized carbons (Fsp3) is 0.167. The quantitative estimate of drug-likeness (QED) is 0.746. The number of benzene rings is 1. The van der Waals surface area contributed by atoms with Gasteiger partial charge in [-0.1, -0.05) is 24.3 Å². The van der Waals surface area contributed by atoms with Gasteiger partial charge >= 0.3 is 0 Å². The topological polar surface area (TPSA) is 46.2 Å². The minimum atomic E-state index is -0.373. The van der Waals surface area contributed by atoms with Gasteiger partial charge in [-0.15, -0.1) is 0 Å². The normalized spacial score (nSPS) is 10.9. The van der Waals surface area contributed by atoms with E-state index in [1.54, 1.807) is 44.2 Å². The van der Waals surface area contributed by atoms with Crippen LogP contribution in [0.15, 0.2) is 42.0 Å². The molecule has 15 heavy (non-hydrogen) atoms. The second-order valence-electron chi connectivity index (χ2n) is 3.12. The molecular weight excluding hydrogens is 190 g/mol. The summed E-state index contributed by atoms with van der Waals surface area (Å²) in [5, 5.41) is 2.30. The third-order valence-corrected chi connectivity index (χ3v) is 2.05. The van der Waals surface area contributed by atoms with E-state index in [1.165, 1.54) is 0 Å². The first-order valence-electron chi connectivity index (χ1n) is 4.68. The van der Waals surface area contributed by atoms with E-state index < -0.39 is 0 Å². The molecule has 1 rings (SSSR count). The fourth-order valence-electron chi connectivity index (χ4n) is 0.994. The lowest BCUT2D eigenvalue weighted by Gasteiger charge is -2.03. The van der Waals surface area contributed by atoms with Gasteiger partial charge in [-0.05, 0) is 26.0 Å². The van der Waals surface area contributed by atoms with Gasteiger partial charge in [-0.25, -0.2) is 0 Å². The molecule has 0 bridgehead atoms. The van der Waals surface area contributed by atoms with Crippen LogP contribution in [0.4, 0.5) is 0 Å². The molecule has 0 atom stereocenters. The van der Waals surface area contributed by atoms with Crippen molar-refractivity contribution in [2.24, 2.45) is 0 Å². The molecule has 1 N–H and O–H groups in total. The van der Waals surface area contributed by atoms with Crippen LogP contribution in [0.2, 0.25) is 0 Å². The van der Waals surface area contributed by atoms with Gasteiger partial charge in [0.25, 0.3) is 11.8 Å². The maximum absolute atomic E-state index is 11.5. The van der Waals surface area contributed by atoms with Crippen LogP contribution < -0.4 is 5.32 Å². The predicted octanol–water partition coefficient (Wildman–Crippen LogP) is 1.91. The Morgan fingerprint density at radius 2 is 1.80 bits per heavy atom. The molecule has 3 nitrogen and oxygen atoms in total. The predicted molar refractivity (Wildman–Crippen MR) is 58.3 cm³/mol. The summed E-state index contributed by atoms with van der Waals surface area (Å²) in [6.45, 7) is 3.41. The summed E-state index contributed by atoms with van der Waals surface area (Å²) in [5.41, 5.74) is 1.01. The first kappa shape index (κ1) is 11.2. The van der Waals surface area contributed by atoms with Crippen molar-refractivity contribution in [3.63, 3.8) is 0 Å². The zero-order valence-corrected chi connectivity index (χ0v) is 8.78. The highest BCUT2D eigenvalue weighted by Crippen LogP contribution is 1.99. The maximum atomic E-state index is 11.5. The van der Waals surface area contributed by atoms with Gasteiger partial charge in [0.2, 0.25) is 0 Å². The molecule has 0 saturated heterocycles. The highest BCUT2D eigenvalue weighted by atomic mass is 16.2. The number of nitrogens with one attached hydrogen (secondary N) is 1. The fourth-order valence-corrected chi connectivity index (χ4v) is 0.994. The zero-order chi connectivity index (χ0) is 11.3. The summed E-state index contributed by atoms with van der Waals surface area (Å²) in [6, 6.07) is 8.64. The largest absolute Gasteiger partial charge is 0.288 e. The van der Waals surface area contributed by atoms with Crippen LogP contribution in [-0.2, 0) is 4.79 Å². The molecule has 1 aromatic rings. The Morgan fingerprint density at radius 1 is 1.20 bits per heavy atom. The summed E-state index contributed by atoms with van der Waals surface area (Å²) < 4.78 is 0. The molecule has 1 aromatic carbocycles. The highest BCUT2D eigenvalue weighted by molar-refractivity contribution is 6.09. The van der Waals surface area contributed by atoms with Gasteiger partial charge in [-0.3, -0.25) is 14.9 Å². The molecule has 0 saturated carbocycles. The van der Waals surface area contributed by atoms with Crippen molar-refractivity contribution >= 4 is 11.8 Å². The minimum absolute atomic E-state index is 0.355. The van der Waals surface area contributed by atoms with E-state index in [1.807, 2.05) is 6.07 Å². The Balaban J connectivity index is 2.69. The molecule has 0 aliphatic carbocycles. The standard InChI is InChI=1S/C12H13NO2/c1-3-9(2)11(14)13-12(15)10-7-5-4-6-8-10/h3-8H,1-2H3,(H,13,14,15)/b9-3+. The van der Waals surface area contributed by atoms with E-state index in [-0.39, 0.29) is 11.8 Å². The Hall–Kier alpha value is -1.90. The number of hydrogen-bond acceptors (Lipinski definition) is 2. The average Bonchev–Trinajstić information content (AvgIpc) is 2.29. The molecule has 2 amide bonds. The highest BCUT2D eigenvalue weighted by Gasteiger charge is 2.09. The van der Waals surface area contributed by atoms with Gasteiger partial charge < -0.3 is 0 Å². The van der Waals surface area contributed by atoms with Crippen LogP contribution in [0, 0.1) is 0 Å². The molecule has 0 unspecified atom stereocenters. The number of carbonyl (C=O) groups is 2. The van der Waals surface area contributed by atoms with Crippen LogP contribution in [0.3, 0.4) is 0 Å². The van der Waals surface area contributed by atoms with Crippen molar-refractivity contribution < 1.29 is 9.59 Å². The number of carbonyl (C=O) groups excluding carboxylic acids is 2.